The van der Waals surface area contributed by atoms with Gasteiger partial charge in [0, 0.05) is 11.1 Å². The number of fused-ring (bicyclic) bond motifs is 1. The summed E-state index contributed by atoms with van der Waals surface area (Å²) in [5.74, 6) is 0.797. The van der Waals surface area contributed by atoms with E-state index in [1.807, 2.05) is 6.07 Å². The Kier molecular flexibility index (Phi) is 4.29. The third kappa shape index (κ3) is 3.14. The summed E-state index contributed by atoms with van der Waals surface area (Å²) in [6.07, 6.45) is 0.529. The van der Waals surface area contributed by atoms with Crippen LogP contribution in [0.5, 0.6) is 0 Å². The molecule has 10 heteroatoms. The van der Waals surface area contributed by atoms with Gasteiger partial charge in [-0.3, -0.25) is 0 Å². The minimum atomic E-state index is -4.01. The molecule has 0 radical (unpaired) electrons. The summed E-state index contributed by atoms with van der Waals surface area (Å²) in [7, 11) is -2.45. The van der Waals surface area contributed by atoms with Gasteiger partial charge in [-0.2, -0.15) is 5.11 Å². The number of azo groups is 1. The van der Waals surface area contributed by atoms with Crippen LogP contribution in [0.1, 0.15) is 11.1 Å². The Hall–Kier alpha value is -2.62. The molecule has 2 aliphatic rings. The second-order valence-corrected chi connectivity index (χ2v) is 7.87. The van der Waals surface area contributed by atoms with Gasteiger partial charge < -0.3 is 4.74 Å². The Morgan fingerprint density at radius 3 is 2.70 bits per heavy atom. The van der Waals surface area contributed by atoms with Crippen molar-refractivity contribution in [1.82, 2.24) is 0 Å². The number of rotatable bonds is 3. The number of ether oxygens (including phenoxy) is 1. The lowest BCUT2D eigenvalue weighted by molar-refractivity contribution is 0.396. The molecule has 2 aromatic rings. The van der Waals surface area contributed by atoms with Crippen molar-refractivity contribution in [2.45, 2.75) is 11.3 Å². The van der Waals surface area contributed by atoms with Crippen molar-refractivity contribution in [1.29, 1.82) is 0 Å². The molecule has 2 aromatic carbocycles. The number of aliphatic imine (C=N–C) groups is 2. The van der Waals surface area contributed by atoms with E-state index in [0.29, 0.717) is 28.5 Å². The fraction of sp³-hybridized carbons (Fsp3) is 0.176. The van der Waals surface area contributed by atoms with Crippen molar-refractivity contribution in [3.63, 3.8) is 0 Å². The van der Waals surface area contributed by atoms with Gasteiger partial charge in [0.1, 0.15) is 0 Å². The van der Waals surface area contributed by atoms with Crippen LogP contribution in [-0.2, 0) is 21.2 Å². The molecule has 0 atom stereocenters. The molecule has 0 spiro atoms. The van der Waals surface area contributed by atoms with Gasteiger partial charge in [0.2, 0.25) is 10.0 Å². The number of primary sulfonamides is 1. The first-order valence-electron chi connectivity index (χ1n) is 7.91. The zero-order valence-electron chi connectivity index (χ0n) is 14.2. The summed E-state index contributed by atoms with van der Waals surface area (Å²) in [6.45, 7) is 0.136. The van der Waals surface area contributed by atoms with E-state index in [-0.39, 0.29) is 23.0 Å². The van der Waals surface area contributed by atoms with E-state index in [4.69, 9.17) is 21.5 Å². The maximum absolute atomic E-state index is 12.1. The zero-order chi connectivity index (χ0) is 19.2. The topological polar surface area (TPSA) is 119 Å². The Morgan fingerprint density at radius 2 is 2.04 bits per heavy atom. The quantitative estimate of drug-likeness (QED) is 0.847. The van der Waals surface area contributed by atoms with Crippen LogP contribution in [0, 0.1) is 0 Å². The molecule has 0 amide bonds. The normalized spacial score (nSPS) is 15.5. The van der Waals surface area contributed by atoms with Gasteiger partial charge in [0.15, 0.2) is 18.4 Å². The van der Waals surface area contributed by atoms with Crippen molar-refractivity contribution in [2.24, 2.45) is 25.4 Å². The lowest BCUT2D eigenvalue weighted by Gasteiger charge is -2.14. The molecule has 2 heterocycles. The molecule has 2 N–H and O–H groups in total. The number of nitrogens with two attached hydrogens (primary N) is 1. The summed E-state index contributed by atoms with van der Waals surface area (Å²) in [5.41, 5.74) is 3.12. The van der Waals surface area contributed by atoms with Crippen LogP contribution < -0.4 is 5.14 Å². The van der Waals surface area contributed by atoms with Crippen LogP contribution in [0.4, 0.5) is 5.69 Å². The SMILES string of the molecule is COC1=Nc2cc(Cl)c(-c3cccc(S(N)(=O)=O)c3C3=NCN=N3)cc2C1. The Bertz CT molecular complexity index is 1160. The number of benzene rings is 2. The molecule has 4 rings (SSSR count). The van der Waals surface area contributed by atoms with Crippen LogP contribution in [0.15, 0.2) is 55.4 Å². The van der Waals surface area contributed by atoms with Crippen LogP contribution >= 0.6 is 11.6 Å². The van der Waals surface area contributed by atoms with Gasteiger partial charge in [-0.15, -0.1) is 5.11 Å². The number of sulfonamides is 1. The van der Waals surface area contributed by atoms with Gasteiger partial charge in [0.05, 0.1) is 29.1 Å². The smallest absolute Gasteiger partial charge is 0.238 e. The third-order valence-electron chi connectivity index (χ3n) is 4.29. The highest BCUT2D eigenvalue weighted by molar-refractivity contribution is 7.89. The molecule has 8 nitrogen and oxygen atoms in total. The molecule has 0 saturated heterocycles. The minimum absolute atomic E-state index is 0.0787. The molecular formula is C17H14ClN5O3S. The Labute approximate surface area is 160 Å². The monoisotopic (exact) mass is 403 g/mol. The minimum Gasteiger partial charge on any atom is -0.484 e. The van der Waals surface area contributed by atoms with Gasteiger partial charge in [0.25, 0.3) is 0 Å². The van der Waals surface area contributed by atoms with E-state index in [9.17, 15) is 8.42 Å². The average molecular weight is 404 g/mol. The van der Waals surface area contributed by atoms with Gasteiger partial charge in [-0.05, 0) is 29.3 Å². The third-order valence-corrected chi connectivity index (χ3v) is 5.55. The highest BCUT2D eigenvalue weighted by Crippen LogP contribution is 2.40. The maximum atomic E-state index is 12.1. The largest absolute Gasteiger partial charge is 0.484 e. The molecular weight excluding hydrogens is 390 g/mol. The lowest BCUT2D eigenvalue weighted by Crippen LogP contribution is -2.17. The van der Waals surface area contributed by atoms with Crippen LogP contribution in [-0.4, -0.2) is 33.9 Å². The molecule has 0 bridgehead atoms. The fourth-order valence-corrected chi connectivity index (χ4v) is 4.11. The van der Waals surface area contributed by atoms with Crippen LogP contribution in [0.25, 0.3) is 11.1 Å². The van der Waals surface area contributed by atoms with Gasteiger partial charge >= 0.3 is 0 Å². The molecule has 138 valence electrons. The first-order chi connectivity index (χ1) is 12.9. The van der Waals surface area contributed by atoms with E-state index in [1.165, 1.54) is 6.07 Å². The summed E-state index contributed by atoms with van der Waals surface area (Å²) in [6, 6.07) is 8.36. The lowest BCUT2D eigenvalue weighted by atomic mass is 9.96. The summed E-state index contributed by atoms with van der Waals surface area (Å²) >= 11 is 6.49. The first-order valence-corrected chi connectivity index (χ1v) is 9.83. The highest BCUT2D eigenvalue weighted by Gasteiger charge is 2.26. The summed E-state index contributed by atoms with van der Waals surface area (Å²) < 4.78 is 29.5. The van der Waals surface area contributed by atoms with E-state index < -0.39 is 10.0 Å². The number of amidine groups is 1. The Balaban J connectivity index is 1.96. The average Bonchev–Trinajstić information content (AvgIpc) is 3.28. The molecule has 0 unspecified atom stereocenters. The predicted octanol–water partition coefficient (Wildman–Crippen LogP) is 3.06. The number of nitrogens with zero attached hydrogens (tertiary/aromatic N) is 4. The van der Waals surface area contributed by atoms with E-state index in [2.05, 4.69) is 20.2 Å². The predicted molar refractivity (Wildman–Crippen MR) is 102 cm³/mol. The number of hydrogen-bond donors (Lipinski definition) is 1. The standard InChI is InChI=1S/C17H14ClN5O3S/c1-26-15-6-9-5-11(12(18)7-13(9)22-15)10-3-2-4-14(27(19,24)25)16(10)17-20-8-21-23-17/h2-5,7H,6,8H2,1H3,(H2,19,24,25). The van der Waals surface area contributed by atoms with Crippen LogP contribution in [0.3, 0.4) is 0 Å². The molecule has 0 saturated carbocycles. The zero-order valence-corrected chi connectivity index (χ0v) is 15.8. The van der Waals surface area contributed by atoms with Crippen molar-refractivity contribution < 1.29 is 13.2 Å². The van der Waals surface area contributed by atoms with Gasteiger partial charge in [-0.1, -0.05) is 23.7 Å². The molecule has 0 aliphatic carbocycles. The van der Waals surface area contributed by atoms with Crippen LogP contribution in [0.2, 0.25) is 5.02 Å². The van der Waals surface area contributed by atoms with Crippen molar-refractivity contribution in [2.75, 3.05) is 13.8 Å². The molecule has 0 fully saturated rings. The highest BCUT2D eigenvalue weighted by atomic mass is 35.5. The van der Waals surface area contributed by atoms with E-state index in [1.54, 1.807) is 25.3 Å². The van der Waals surface area contributed by atoms with Crippen molar-refractivity contribution >= 4 is 39.0 Å². The number of halogens is 1. The molecule has 2 aliphatic heterocycles. The Morgan fingerprint density at radius 1 is 1.22 bits per heavy atom. The van der Waals surface area contributed by atoms with E-state index >= 15 is 0 Å². The second kappa shape index (κ2) is 6.52. The van der Waals surface area contributed by atoms with Crippen molar-refractivity contribution in [3.8, 4) is 11.1 Å². The van der Waals surface area contributed by atoms with Gasteiger partial charge in [-0.25, -0.2) is 23.5 Å². The summed E-state index contributed by atoms with van der Waals surface area (Å²) in [4.78, 5) is 8.45. The maximum Gasteiger partial charge on any atom is 0.238 e. The number of methoxy groups -OCH3 is 1. The first kappa shape index (κ1) is 17.8. The summed E-state index contributed by atoms with van der Waals surface area (Å²) in [5, 5.41) is 13.6. The molecule has 27 heavy (non-hydrogen) atoms. The molecule has 0 aromatic heterocycles. The fourth-order valence-electron chi connectivity index (χ4n) is 3.10. The number of hydrogen-bond acceptors (Lipinski definition) is 7. The second-order valence-electron chi connectivity index (χ2n) is 5.94. The van der Waals surface area contributed by atoms with E-state index in [0.717, 1.165) is 11.3 Å². The van der Waals surface area contributed by atoms with Crippen molar-refractivity contribution in [3.05, 3.63) is 46.5 Å².